The van der Waals surface area contributed by atoms with Crippen LogP contribution in [0.4, 0.5) is 0 Å². The van der Waals surface area contributed by atoms with Crippen molar-refractivity contribution >= 4 is 19.7 Å². The zero-order valence-electron chi connectivity index (χ0n) is 57.3. The maximum Gasteiger partial charge on any atom is 0.306 e. The van der Waals surface area contributed by atoms with E-state index >= 15 is 0 Å². The number of nitrogens with zero attached hydrogens (tertiary/aromatic N) is 1. The smallest absolute Gasteiger partial charge is 0.306 e. The molecule has 0 saturated heterocycles. The Hall–Kier alpha value is -2.81. The molecule has 0 aliphatic carbocycles. The van der Waals surface area contributed by atoms with Crippen molar-refractivity contribution in [2.75, 3.05) is 40.9 Å². The Labute approximate surface area is 533 Å². The van der Waals surface area contributed by atoms with Crippen molar-refractivity contribution < 1.29 is 37.3 Å². The predicted octanol–water partition coefficient (Wildman–Crippen LogP) is 22.7. The molecule has 86 heavy (non-hydrogen) atoms. The Kier molecular flexibility index (Phi) is 63.0. The lowest BCUT2D eigenvalue weighted by Gasteiger charge is -2.30. The largest absolute Gasteiger partial charge is 0.756 e. The third kappa shape index (κ3) is 65.6. The summed E-state index contributed by atoms with van der Waals surface area (Å²) in [6.07, 6.45) is 87.0. The van der Waals surface area contributed by atoms with Gasteiger partial charge in [-0.05, 0) is 109 Å². The summed E-state index contributed by atoms with van der Waals surface area (Å²) in [4.78, 5) is 40.2. The zero-order chi connectivity index (χ0) is 62.8. The summed E-state index contributed by atoms with van der Waals surface area (Å²) < 4.78 is 30.5. The first kappa shape index (κ1) is 83.2. The summed E-state index contributed by atoms with van der Waals surface area (Å²) in [5, 5.41) is 3.04. The fraction of sp³-hybridized carbons (Fsp3) is 0.789. The van der Waals surface area contributed by atoms with Crippen molar-refractivity contribution in [2.24, 2.45) is 0 Å². The molecule has 0 aromatic carbocycles. The number of carbonyl (C=O) groups is 2. The molecule has 0 saturated carbocycles. The van der Waals surface area contributed by atoms with Gasteiger partial charge in [-0.3, -0.25) is 14.2 Å². The number of carbonyl (C=O) groups excluding carboxylic acids is 2. The van der Waals surface area contributed by atoms with Crippen LogP contribution in [0.1, 0.15) is 335 Å². The maximum absolute atomic E-state index is 13.6. The van der Waals surface area contributed by atoms with Crippen LogP contribution in [0.3, 0.4) is 0 Å². The number of phosphoric ester groups is 1. The highest BCUT2D eigenvalue weighted by Gasteiger charge is 2.27. The molecule has 0 rings (SSSR count). The molecule has 0 radical (unpaired) electrons. The van der Waals surface area contributed by atoms with Gasteiger partial charge in [-0.15, -0.1) is 0 Å². The molecular weight excluding hydrogens is 1080 g/mol. The number of hydrogen-bond donors (Lipinski definition) is 1. The van der Waals surface area contributed by atoms with E-state index < -0.39 is 26.6 Å². The Morgan fingerprint density at radius 1 is 0.407 bits per heavy atom. The first-order chi connectivity index (χ1) is 41.9. The van der Waals surface area contributed by atoms with E-state index in [1.807, 2.05) is 33.3 Å². The van der Waals surface area contributed by atoms with Gasteiger partial charge in [0.05, 0.1) is 33.8 Å². The van der Waals surface area contributed by atoms with Crippen LogP contribution in [0.15, 0.2) is 85.1 Å². The van der Waals surface area contributed by atoms with Gasteiger partial charge >= 0.3 is 5.97 Å². The van der Waals surface area contributed by atoms with Crippen molar-refractivity contribution in [3.63, 3.8) is 0 Å². The maximum atomic E-state index is 13.6. The van der Waals surface area contributed by atoms with Crippen LogP contribution in [0.5, 0.6) is 0 Å². The van der Waals surface area contributed by atoms with E-state index in [1.165, 1.54) is 205 Å². The minimum Gasteiger partial charge on any atom is -0.756 e. The first-order valence-corrected chi connectivity index (χ1v) is 37.9. The number of ether oxygens (including phenoxy) is 1. The third-order valence-corrected chi connectivity index (χ3v) is 17.0. The van der Waals surface area contributed by atoms with Gasteiger partial charge < -0.3 is 28.5 Å². The van der Waals surface area contributed by atoms with Crippen molar-refractivity contribution in [3.8, 4) is 0 Å². The first-order valence-electron chi connectivity index (χ1n) is 36.4. The molecule has 0 fully saturated rings. The molecule has 3 unspecified atom stereocenters. The molecule has 0 aromatic rings. The normalized spacial score (nSPS) is 14.0. The topological polar surface area (TPSA) is 114 Å². The Morgan fingerprint density at radius 3 is 1.08 bits per heavy atom. The molecule has 1 N–H and O–H groups in total. The van der Waals surface area contributed by atoms with Gasteiger partial charge in [0.1, 0.15) is 19.3 Å². The van der Waals surface area contributed by atoms with E-state index in [0.717, 1.165) is 96.3 Å². The number of likely N-dealkylation sites (N-methyl/N-ethyl adjacent to an activating group) is 1. The van der Waals surface area contributed by atoms with Crippen LogP contribution in [-0.2, 0) is 27.9 Å². The van der Waals surface area contributed by atoms with E-state index in [0.29, 0.717) is 17.4 Å². The highest BCUT2D eigenvalue weighted by atomic mass is 31.2. The summed E-state index contributed by atoms with van der Waals surface area (Å²) in [5.74, 6) is -0.540. The monoisotopic (exact) mass is 1220 g/mol. The van der Waals surface area contributed by atoms with Crippen LogP contribution in [0, 0.1) is 0 Å². The van der Waals surface area contributed by atoms with Gasteiger partial charge in [-0.2, -0.15) is 0 Å². The van der Waals surface area contributed by atoms with E-state index in [1.54, 1.807) is 0 Å². The molecule has 0 heterocycles. The fourth-order valence-corrected chi connectivity index (χ4v) is 11.1. The highest BCUT2D eigenvalue weighted by molar-refractivity contribution is 7.45. The van der Waals surface area contributed by atoms with Gasteiger partial charge in [0.25, 0.3) is 7.82 Å². The second kappa shape index (κ2) is 65.2. The number of rotatable bonds is 66. The fourth-order valence-electron chi connectivity index (χ4n) is 10.4. The van der Waals surface area contributed by atoms with Gasteiger partial charge in [-0.25, -0.2) is 0 Å². The molecule has 0 aliphatic heterocycles. The highest BCUT2D eigenvalue weighted by Crippen LogP contribution is 2.38. The lowest BCUT2D eigenvalue weighted by molar-refractivity contribution is -0.870. The summed E-state index contributed by atoms with van der Waals surface area (Å²) in [5.41, 5.74) is 0. The summed E-state index contributed by atoms with van der Waals surface area (Å²) in [6, 6.07) is -0.896. The molecule has 3 atom stereocenters. The Bertz CT molecular complexity index is 1750. The zero-order valence-corrected chi connectivity index (χ0v) is 58.2. The molecule has 9 nitrogen and oxygen atoms in total. The van der Waals surface area contributed by atoms with Crippen LogP contribution in [0.2, 0.25) is 0 Å². The SMILES string of the molecule is CCCCC/C=C\C/C=C\C/C=C\CCCCCCCCCCCCCCC(=O)OC(/C=C/CCCCCCCCCCCC)C(COP(=O)([O-])OCC[N+](C)(C)C)NC(=O)CCCCCCCCCCCC/C=C\C/C=C\C/C=C\CCCCC. The number of phosphoric acid groups is 1. The average molecular weight is 1220 g/mol. The van der Waals surface area contributed by atoms with E-state index in [2.05, 4.69) is 99.0 Å². The van der Waals surface area contributed by atoms with Crippen LogP contribution in [-0.4, -0.2) is 69.4 Å². The summed E-state index contributed by atoms with van der Waals surface area (Å²) in [7, 11) is 1.18. The van der Waals surface area contributed by atoms with Crippen LogP contribution in [0.25, 0.3) is 0 Å². The summed E-state index contributed by atoms with van der Waals surface area (Å²) in [6.45, 7) is 6.82. The van der Waals surface area contributed by atoms with Crippen molar-refractivity contribution in [1.29, 1.82) is 0 Å². The summed E-state index contributed by atoms with van der Waals surface area (Å²) >= 11 is 0. The molecule has 10 heteroatoms. The third-order valence-electron chi connectivity index (χ3n) is 16.0. The number of allylic oxidation sites excluding steroid dienone is 13. The van der Waals surface area contributed by atoms with Crippen molar-refractivity contribution in [2.45, 2.75) is 348 Å². The number of quaternary nitrogens is 1. The second-order valence-electron chi connectivity index (χ2n) is 25.7. The lowest BCUT2D eigenvalue weighted by atomic mass is 10.0. The molecule has 0 bridgehead atoms. The average Bonchev–Trinajstić information content (AvgIpc) is 3.65. The number of hydrogen-bond acceptors (Lipinski definition) is 7. The number of esters is 1. The van der Waals surface area contributed by atoms with Gasteiger partial charge in [-0.1, -0.05) is 299 Å². The van der Waals surface area contributed by atoms with Gasteiger partial charge in [0.15, 0.2) is 0 Å². The standard InChI is InChI=1S/C76H139N2O7P/c1-7-10-13-16-19-22-25-28-30-32-34-36-38-39-41-43-45-47-49-51-54-57-60-63-66-69-76(80)85-74(67-64-61-58-55-52-27-24-21-18-15-12-9-3)73(72-84-86(81,82)83-71-70-78(4,5)6)77-75(79)68-65-62-59-56-53-50-48-46-44-42-40-37-35-33-31-29-26-23-20-17-14-11-8-2/h19-20,22-23,28-31,34-37,64,67,73-74H,7-18,21,24-27,32-33,38-63,65-66,68-72H2,1-6H3,(H-,77,79,81,82)/b22-19-,23-20-,30-28-,31-29-,36-34-,37-35-,67-64+. The molecule has 0 aromatic heterocycles. The number of amides is 1. The quantitative estimate of drug-likeness (QED) is 0.0212. The van der Waals surface area contributed by atoms with E-state index in [-0.39, 0.29) is 24.9 Å². The molecule has 0 aliphatic rings. The molecule has 1 amide bonds. The van der Waals surface area contributed by atoms with Gasteiger partial charge in [0.2, 0.25) is 5.91 Å². The minimum absolute atomic E-state index is 0.0255. The molecular formula is C76H139N2O7P. The van der Waals surface area contributed by atoms with Crippen LogP contribution >= 0.6 is 7.82 Å². The minimum atomic E-state index is -4.71. The van der Waals surface area contributed by atoms with E-state index in [9.17, 15) is 19.0 Å². The predicted molar refractivity (Wildman–Crippen MR) is 371 cm³/mol. The Balaban J connectivity index is 5.05. The van der Waals surface area contributed by atoms with Crippen molar-refractivity contribution in [1.82, 2.24) is 5.32 Å². The van der Waals surface area contributed by atoms with Crippen molar-refractivity contribution in [3.05, 3.63) is 85.1 Å². The van der Waals surface area contributed by atoms with Crippen LogP contribution < -0.4 is 10.2 Å². The number of nitrogens with one attached hydrogen (secondary N) is 1. The number of unbranched alkanes of at least 4 members (excludes halogenated alkanes) is 38. The molecule has 500 valence electrons. The van der Waals surface area contributed by atoms with Gasteiger partial charge in [0, 0.05) is 12.8 Å². The van der Waals surface area contributed by atoms with E-state index in [4.69, 9.17) is 13.8 Å². The molecule has 0 spiro atoms. The second-order valence-corrected chi connectivity index (χ2v) is 27.1. The Morgan fingerprint density at radius 2 is 0.709 bits per heavy atom. The lowest BCUT2D eigenvalue weighted by Crippen LogP contribution is -2.47.